The first-order valence-corrected chi connectivity index (χ1v) is 9.45. The van der Waals surface area contributed by atoms with Crippen LogP contribution in [0.5, 0.6) is 0 Å². The van der Waals surface area contributed by atoms with Crippen LogP contribution in [0.2, 0.25) is 0 Å². The van der Waals surface area contributed by atoms with Gasteiger partial charge in [-0.05, 0) is 43.5 Å². The van der Waals surface area contributed by atoms with Crippen LogP contribution in [-0.2, 0) is 0 Å². The molecule has 3 aromatic rings. The van der Waals surface area contributed by atoms with Gasteiger partial charge in [-0.1, -0.05) is 30.3 Å². The third kappa shape index (κ3) is 4.17. The van der Waals surface area contributed by atoms with E-state index >= 15 is 0 Å². The number of hydrogen-bond acceptors (Lipinski definition) is 4. The summed E-state index contributed by atoms with van der Waals surface area (Å²) in [4.78, 5) is 24.2. The van der Waals surface area contributed by atoms with Gasteiger partial charge in [-0.3, -0.25) is 4.79 Å². The van der Waals surface area contributed by atoms with Gasteiger partial charge < -0.3 is 10.2 Å². The lowest BCUT2D eigenvalue weighted by Crippen LogP contribution is -2.30. The van der Waals surface area contributed by atoms with Crippen molar-refractivity contribution in [1.29, 1.82) is 0 Å². The molecule has 1 fully saturated rings. The smallest absolute Gasteiger partial charge is 0.274 e. The Morgan fingerprint density at radius 3 is 2.36 bits per heavy atom. The van der Waals surface area contributed by atoms with Crippen molar-refractivity contribution in [2.45, 2.75) is 19.3 Å². The zero-order valence-corrected chi connectivity index (χ0v) is 15.4. The number of carbonyl (C=O) groups is 1. The maximum absolute atomic E-state index is 13.1. The predicted octanol–water partition coefficient (Wildman–Crippen LogP) is 4.53. The molecule has 1 saturated heterocycles. The molecule has 5 nitrogen and oxygen atoms in total. The van der Waals surface area contributed by atoms with E-state index in [1.165, 1.54) is 30.7 Å². The summed E-state index contributed by atoms with van der Waals surface area (Å²) in [5.74, 6) is 0.592. The molecule has 1 aliphatic heterocycles. The summed E-state index contributed by atoms with van der Waals surface area (Å²) in [5, 5.41) is 2.78. The van der Waals surface area contributed by atoms with E-state index < -0.39 is 0 Å². The fraction of sp³-hybridized carbons (Fsp3) is 0.227. The molecular weight excluding hydrogens is 355 g/mol. The number of amides is 1. The summed E-state index contributed by atoms with van der Waals surface area (Å²) in [5.41, 5.74) is 1.67. The number of nitrogens with one attached hydrogen (secondary N) is 1. The third-order valence-electron chi connectivity index (χ3n) is 4.76. The molecule has 28 heavy (non-hydrogen) atoms. The second-order valence-corrected chi connectivity index (χ2v) is 6.81. The quantitative estimate of drug-likeness (QED) is 0.727. The fourth-order valence-electron chi connectivity index (χ4n) is 3.28. The van der Waals surface area contributed by atoms with Gasteiger partial charge in [0, 0.05) is 30.4 Å². The fourth-order valence-corrected chi connectivity index (χ4v) is 3.28. The SMILES string of the molecule is O=C(Nc1ccc(F)cc1)c1cc(N2CCCCC2)nc(-c2ccccc2)n1. The van der Waals surface area contributed by atoms with Gasteiger partial charge in [0.05, 0.1) is 0 Å². The van der Waals surface area contributed by atoms with Gasteiger partial charge in [0.1, 0.15) is 17.3 Å². The number of hydrogen-bond donors (Lipinski definition) is 1. The Hall–Kier alpha value is -3.28. The molecule has 142 valence electrons. The van der Waals surface area contributed by atoms with Crippen molar-refractivity contribution in [2.24, 2.45) is 0 Å². The van der Waals surface area contributed by atoms with Gasteiger partial charge in [0.15, 0.2) is 5.82 Å². The monoisotopic (exact) mass is 376 g/mol. The number of aromatic nitrogens is 2. The van der Waals surface area contributed by atoms with Gasteiger partial charge in [-0.15, -0.1) is 0 Å². The van der Waals surface area contributed by atoms with Crippen molar-refractivity contribution in [2.75, 3.05) is 23.3 Å². The van der Waals surface area contributed by atoms with E-state index in [9.17, 15) is 9.18 Å². The molecule has 0 unspecified atom stereocenters. The van der Waals surface area contributed by atoms with E-state index in [1.807, 2.05) is 30.3 Å². The minimum Gasteiger partial charge on any atom is -0.356 e. The maximum Gasteiger partial charge on any atom is 0.274 e. The van der Waals surface area contributed by atoms with Crippen LogP contribution in [-0.4, -0.2) is 29.0 Å². The van der Waals surface area contributed by atoms with Gasteiger partial charge >= 0.3 is 0 Å². The minimum atomic E-state index is -0.348. The van der Waals surface area contributed by atoms with Gasteiger partial charge in [0.25, 0.3) is 5.91 Å². The van der Waals surface area contributed by atoms with E-state index in [0.717, 1.165) is 37.3 Å². The summed E-state index contributed by atoms with van der Waals surface area (Å²) < 4.78 is 13.1. The van der Waals surface area contributed by atoms with Crippen molar-refractivity contribution in [3.63, 3.8) is 0 Å². The van der Waals surface area contributed by atoms with Crippen LogP contribution in [0.25, 0.3) is 11.4 Å². The van der Waals surface area contributed by atoms with Crippen LogP contribution in [0, 0.1) is 5.82 Å². The predicted molar refractivity (Wildman–Crippen MR) is 108 cm³/mol. The maximum atomic E-state index is 13.1. The number of nitrogens with zero attached hydrogens (tertiary/aromatic N) is 3. The van der Waals surface area contributed by atoms with E-state index in [1.54, 1.807) is 6.07 Å². The number of rotatable bonds is 4. The van der Waals surface area contributed by atoms with Crippen LogP contribution in [0.3, 0.4) is 0 Å². The molecule has 0 atom stereocenters. The Labute approximate surface area is 163 Å². The largest absolute Gasteiger partial charge is 0.356 e. The molecule has 4 rings (SSSR count). The minimum absolute atomic E-state index is 0.291. The lowest BCUT2D eigenvalue weighted by molar-refractivity contribution is 0.102. The molecule has 1 aromatic heterocycles. The molecule has 0 radical (unpaired) electrons. The highest BCUT2D eigenvalue weighted by molar-refractivity contribution is 6.03. The van der Waals surface area contributed by atoms with Crippen molar-refractivity contribution < 1.29 is 9.18 Å². The van der Waals surface area contributed by atoms with Crippen molar-refractivity contribution in [3.05, 3.63) is 72.2 Å². The van der Waals surface area contributed by atoms with Crippen LogP contribution < -0.4 is 10.2 Å². The molecule has 2 aromatic carbocycles. The third-order valence-corrected chi connectivity index (χ3v) is 4.76. The summed E-state index contributed by atoms with van der Waals surface area (Å²) in [6.45, 7) is 1.84. The Bertz CT molecular complexity index is 954. The van der Waals surface area contributed by atoms with Gasteiger partial charge in [-0.2, -0.15) is 0 Å². The number of anilines is 2. The highest BCUT2D eigenvalue weighted by atomic mass is 19.1. The molecule has 1 amide bonds. The highest BCUT2D eigenvalue weighted by Crippen LogP contribution is 2.23. The molecular formula is C22H21FN4O. The number of carbonyl (C=O) groups excluding carboxylic acids is 1. The van der Waals surface area contributed by atoms with Gasteiger partial charge in [0.2, 0.25) is 0 Å². The van der Waals surface area contributed by atoms with Crippen LogP contribution in [0.15, 0.2) is 60.7 Å². The molecule has 0 spiro atoms. The Morgan fingerprint density at radius 1 is 0.929 bits per heavy atom. The second kappa shape index (κ2) is 8.17. The molecule has 1 N–H and O–H groups in total. The zero-order valence-electron chi connectivity index (χ0n) is 15.4. The Balaban J connectivity index is 1.68. The normalized spacial score (nSPS) is 14.0. The van der Waals surface area contributed by atoms with E-state index in [-0.39, 0.29) is 11.7 Å². The second-order valence-electron chi connectivity index (χ2n) is 6.81. The Kier molecular flexibility index (Phi) is 5.28. The average molecular weight is 376 g/mol. The number of piperidine rings is 1. The van der Waals surface area contributed by atoms with Crippen LogP contribution in [0.4, 0.5) is 15.9 Å². The lowest BCUT2D eigenvalue weighted by atomic mass is 10.1. The number of benzene rings is 2. The van der Waals surface area contributed by atoms with E-state index in [4.69, 9.17) is 4.98 Å². The van der Waals surface area contributed by atoms with Crippen molar-refractivity contribution in [1.82, 2.24) is 9.97 Å². The van der Waals surface area contributed by atoms with Crippen molar-refractivity contribution in [3.8, 4) is 11.4 Å². The molecule has 0 aliphatic carbocycles. The zero-order chi connectivity index (χ0) is 19.3. The van der Waals surface area contributed by atoms with Gasteiger partial charge in [-0.25, -0.2) is 14.4 Å². The molecule has 1 aliphatic rings. The lowest BCUT2D eigenvalue weighted by Gasteiger charge is -2.28. The summed E-state index contributed by atoms with van der Waals surface area (Å²) in [6, 6.07) is 17.0. The van der Waals surface area contributed by atoms with Crippen molar-refractivity contribution >= 4 is 17.4 Å². The standard InChI is InChI=1S/C22H21FN4O/c23-17-9-11-18(12-10-17)24-22(28)19-15-20(27-13-5-2-6-14-27)26-21(25-19)16-7-3-1-4-8-16/h1,3-4,7-12,15H,2,5-6,13-14H2,(H,24,28). The summed E-state index contributed by atoms with van der Waals surface area (Å²) in [7, 11) is 0. The molecule has 0 saturated carbocycles. The van der Waals surface area contributed by atoms with E-state index in [0.29, 0.717) is 17.2 Å². The average Bonchev–Trinajstić information content (AvgIpc) is 2.76. The Morgan fingerprint density at radius 2 is 1.64 bits per heavy atom. The molecule has 2 heterocycles. The first kappa shape index (κ1) is 18.1. The summed E-state index contributed by atoms with van der Waals surface area (Å²) in [6.07, 6.45) is 3.44. The molecule has 6 heteroatoms. The molecule has 0 bridgehead atoms. The highest BCUT2D eigenvalue weighted by Gasteiger charge is 2.18. The summed E-state index contributed by atoms with van der Waals surface area (Å²) >= 11 is 0. The van der Waals surface area contributed by atoms with E-state index in [2.05, 4.69) is 15.2 Å². The topological polar surface area (TPSA) is 58.1 Å². The number of halogens is 1. The van der Waals surface area contributed by atoms with Crippen LogP contribution >= 0.6 is 0 Å². The first-order chi connectivity index (χ1) is 13.7. The van der Waals surface area contributed by atoms with Crippen LogP contribution in [0.1, 0.15) is 29.8 Å². The first-order valence-electron chi connectivity index (χ1n) is 9.45.